The lowest BCUT2D eigenvalue weighted by Gasteiger charge is -2.15. The third-order valence-electron chi connectivity index (χ3n) is 2.37. The average Bonchev–Trinajstić information content (AvgIpc) is 2.61. The average molecular weight is 223 g/mol. The summed E-state index contributed by atoms with van der Waals surface area (Å²) < 4.78 is 0. The molecule has 0 saturated heterocycles. The zero-order valence-electron chi connectivity index (χ0n) is 10.3. The van der Waals surface area contributed by atoms with E-state index in [9.17, 15) is 0 Å². The van der Waals surface area contributed by atoms with Gasteiger partial charge in [-0.15, -0.1) is 11.3 Å². The number of thiophene rings is 1. The fourth-order valence-corrected chi connectivity index (χ4v) is 2.16. The van der Waals surface area contributed by atoms with Gasteiger partial charge in [-0.05, 0) is 37.6 Å². The molecule has 2 heteroatoms. The first kappa shape index (κ1) is 12.5. The normalized spacial score (nSPS) is 14.7. The molecule has 0 aromatic carbocycles. The van der Waals surface area contributed by atoms with Gasteiger partial charge < -0.3 is 5.32 Å². The van der Waals surface area contributed by atoms with Gasteiger partial charge in [0.1, 0.15) is 0 Å². The molecule has 1 heterocycles. The lowest BCUT2D eigenvalue weighted by molar-refractivity contribution is 0.604. The van der Waals surface area contributed by atoms with E-state index in [0.29, 0.717) is 6.04 Å². The Kier molecular flexibility index (Phi) is 4.12. The van der Waals surface area contributed by atoms with Crippen LogP contribution >= 0.6 is 11.3 Å². The van der Waals surface area contributed by atoms with E-state index in [2.05, 4.69) is 57.3 Å². The van der Waals surface area contributed by atoms with Crippen molar-refractivity contribution in [3.05, 3.63) is 28.0 Å². The summed E-state index contributed by atoms with van der Waals surface area (Å²) in [4.78, 5) is 2.78. The molecule has 0 aliphatic heterocycles. The van der Waals surface area contributed by atoms with E-state index in [0.717, 1.165) is 0 Å². The summed E-state index contributed by atoms with van der Waals surface area (Å²) in [6.07, 6.45) is 4.39. The zero-order chi connectivity index (χ0) is 11.5. The van der Waals surface area contributed by atoms with E-state index in [1.807, 2.05) is 18.4 Å². The van der Waals surface area contributed by atoms with Gasteiger partial charge in [-0.25, -0.2) is 0 Å². The Labute approximate surface area is 97.2 Å². The third-order valence-corrected chi connectivity index (χ3v) is 3.85. The maximum atomic E-state index is 3.19. The predicted octanol–water partition coefficient (Wildman–Crippen LogP) is 3.67. The number of hydrogen-bond acceptors (Lipinski definition) is 2. The lowest BCUT2D eigenvalue weighted by atomic mass is 9.95. The Hall–Kier alpha value is -0.600. The van der Waals surface area contributed by atoms with Gasteiger partial charge >= 0.3 is 0 Å². The van der Waals surface area contributed by atoms with Gasteiger partial charge in [0.25, 0.3) is 0 Å². The molecule has 0 radical (unpaired) electrons. The monoisotopic (exact) mass is 223 g/mol. The summed E-state index contributed by atoms with van der Waals surface area (Å²) in [5.41, 5.74) is 0.269. The molecule has 1 unspecified atom stereocenters. The molecular formula is C13H21NS. The van der Waals surface area contributed by atoms with E-state index in [-0.39, 0.29) is 5.41 Å². The van der Waals surface area contributed by atoms with E-state index >= 15 is 0 Å². The Morgan fingerprint density at radius 3 is 2.47 bits per heavy atom. The molecule has 84 valence electrons. The first-order valence-electron chi connectivity index (χ1n) is 5.39. The van der Waals surface area contributed by atoms with Crippen molar-refractivity contribution in [2.75, 3.05) is 7.05 Å². The second-order valence-electron chi connectivity index (χ2n) is 4.89. The van der Waals surface area contributed by atoms with Crippen molar-refractivity contribution < 1.29 is 0 Å². The molecule has 0 amide bonds. The van der Waals surface area contributed by atoms with Gasteiger partial charge in [0.15, 0.2) is 0 Å². The first-order chi connectivity index (χ1) is 6.93. The quantitative estimate of drug-likeness (QED) is 0.824. The maximum Gasteiger partial charge on any atom is 0.0270 e. The standard InChI is InChI=1S/C13H21NS/c1-10(14-5)6-7-11-8-9-12(15-11)13(2,3)4/h6-10,14H,1-5H3/b7-6+. The minimum absolute atomic E-state index is 0.269. The molecule has 0 bridgehead atoms. The SMILES string of the molecule is CNC(C)/C=C/c1ccc(C(C)(C)C)s1. The number of likely N-dealkylation sites (N-methyl/N-ethyl adjacent to an activating group) is 1. The fraction of sp³-hybridized carbons (Fsp3) is 0.538. The molecule has 0 aliphatic carbocycles. The van der Waals surface area contributed by atoms with Crippen LogP contribution < -0.4 is 5.32 Å². The minimum Gasteiger partial charge on any atom is -0.314 e. The van der Waals surface area contributed by atoms with Gasteiger partial charge in [0.2, 0.25) is 0 Å². The van der Waals surface area contributed by atoms with Crippen LogP contribution in [0.2, 0.25) is 0 Å². The maximum absolute atomic E-state index is 3.19. The summed E-state index contributed by atoms with van der Waals surface area (Å²) in [6, 6.07) is 4.86. The van der Waals surface area contributed by atoms with Crippen LogP contribution in [0.4, 0.5) is 0 Å². The predicted molar refractivity (Wildman–Crippen MR) is 70.6 cm³/mol. The van der Waals surface area contributed by atoms with E-state index in [1.165, 1.54) is 9.75 Å². The van der Waals surface area contributed by atoms with Crippen LogP contribution in [0, 0.1) is 0 Å². The molecule has 0 spiro atoms. The molecule has 0 aliphatic rings. The number of rotatable bonds is 3. The van der Waals surface area contributed by atoms with Crippen molar-refractivity contribution in [1.29, 1.82) is 0 Å². The van der Waals surface area contributed by atoms with Crippen LogP contribution in [-0.4, -0.2) is 13.1 Å². The largest absolute Gasteiger partial charge is 0.314 e. The molecule has 0 saturated carbocycles. The summed E-state index contributed by atoms with van der Waals surface area (Å²) >= 11 is 1.88. The highest BCUT2D eigenvalue weighted by Crippen LogP contribution is 2.29. The zero-order valence-corrected chi connectivity index (χ0v) is 11.1. The highest BCUT2D eigenvalue weighted by Gasteiger charge is 2.15. The van der Waals surface area contributed by atoms with Crippen LogP contribution in [0.25, 0.3) is 6.08 Å². The molecule has 1 aromatic rings. The Morgan fingerprint density at radius 1 is 1.33 bits per heavy atom. The first-order valence-corrected chi connectivity index (χ1v) is 6.21. The Balaban J connectivity index is 2.73. The Morgan fingerprint density at radius 2 is 2.00 bits per heavy atom. The van der Waals surface area contributed by atoms with Crippen LogP contribution in [0.15, 0.2) is 18.2 Å². The second-order valence-corrected chi connectivity index (χ2v) is 6.00. The van der Waals surface area contributed by atoms with Crippen molar-refractivity contribution in [1.82, 2.24) is 5.32 Å². The minimum atomic E-state index is 0.269. The van der Waals surface area contributed by atoms with Crippen LogP contribution in [-0.2, 0) is 5.41 Å². The van der Waals surface area contributed by atoms with E-state index in [1.54, 1.807) is 0 Å². The van der Waals surface area contributed by atoms with Crippen LogP contribution in [0.1, 0.15) is 37.4 Å². The van der Waals surface area contributed by atoms with Gasteiger partial charge in [-0.1, -0.05) is 26.8 Å². The highest BCUT2D eigenvalue weighted by molar-refractivity contribution is 7.13. The molecule has 1 nitrogen and oxygen atoms in total. The molecular weight excluding hydrogens is 202 g/mol. The summed E-state index contributed by atoms with van der Waals surface area (Å²) in [5.74, 6) is 0. The van der Waals surface area contributed by atoms with Crippen LogP contribution in [0.3, 0.4) is 0 Å². The second kappa shape index (κ2) is 4.95. The van der Waals surface area contributed by atoms with Crippen molar-refractivity contribution in [2.24, 2.45) is 0 Å². The number of hydrogen-bond donors (Lipinski definition) is 1. The molecule has 1 N–H and O–H groups in total. The van der Waals surface area contributed by atoms with Crippen molar-refractivity contribution in [3.8, 4) is 0 Å². The van der Waals surface area contributed by atoms with Gasteiger partial charge in [-0.3, -0.25) is 0 Å². The molecule has 1 atom stereocenters. The molecule has 0 fully saturated rings. The topological polar surface area (TPSA) is 12.0 Å². The molecule has 15 heavy (non-hydrogen) atoms. The smallest absolute Gasteiger partial charge is 0.0270 e. The van der Waals surface area contributed by atoms with Gasteiger partial charge in [0, 0.05) is 15.8 Å². The molecule has 1 aromatic heterocycles. The van der Waals surface area contributed by atoms with E-state index in [4.69, 9.17) is 0 Å². The highest BCUT2D eigenvalue weighted by atomic mass is 32.1. The summed E-state index contributed by atoms with van der Waals surface area (Å²) in [6.45, 7) is 8.91. The molecule has 1 rings (SSSR count). The third kappa shape index (κ3) is 3.80. The van der Waals surface area contributed by atoms with Gasteiger partial charge in [0.05, 0.1) is 0 Å². The van der Waals surface area contributed by atoms with Crippen molar-refractivity contribution >= 4 is 17.4 Å². The van der Waals surface area contributed by atoms with Crippen molar-refractivity contribution in [3.63, 3.8) is 0 Å². The van der Waals surface area contributed by atoms with E-state index < -0.39 is 0 Å². The van der Waals surface area contributed by atoms with Crippen molar-refractivity contribution in [2.45, 2.75) is 39.2 Å². The number of nitrogens with one attached hydrogen (secondary N) is 1. The summed E-state index contributed by atoms with van der Waals surface area (Å²) in [7, 11) is 1.98. The fourth-order valence-electron chi connectivity index (χ4n) is 1.18. The lowest BCUT2D eigenvalue weighted by Crippen LogP contribution is -2.17. The Bertz CT molecular complexity index is 331. The van der Waals surface area contributed by atoms with Crippen LogP contribution in [0.5, 0.6) is 0 Å². The summed E-state index contributed by atoms with van der Waals surface area (Å²) in [5, 5.41) is 3.19. The van der Waals surface area contributed by atoms with Gasteiger partial charge in [-0.2, -0.15) is 0 Å².